The van der Waals surface area contributed by atoms with Gasteiger partial charge in [-0.1, -0.05) is 6.07 Å². The van der Waals surface area contributed by atoms with E-state index in [4.69, 9.17) is 9.47 Å². The summed E-state index contributed by atoms with van der Waals surface area (Å²) >= 11 is 0. The highest BCUT2D eigenvalue weighted by molar-refractivity contribution is 5.30. The van der Waals surface area contributed by atoms with Gasteiger partial charge in [0.25, 0.3) is 0 Å². The van der Waals surface area contributed by atoms with E-state index in [0.29, 0.717) is 12.4 Å². The fraction of sp³-hybridized carbons (Fsp3) is 0.600. The second-order valence-corrected chi connectivity index (χ2v) is 5.00. The van der Waals surface area contributed by atoms with Gasteiger partial charge in [0.2, 0.25) is 0 Å². The van der Waals surface area contributed by atoms with Crippen molar-refractivity contribution in [3.63, 3.8) is 0 Å². The number of ether oxygens (including phenoxy) is 2. The zero-order chi connectivity index (χ0) is 13.7. The van der Waals surface area contributed by atoms with Crippen molar-refractivity contribution >= 4 is 0 Å². The molecule has 106 valence electrons. The second kappa shape index (κ2) is 6.87. The van der Waals surface area contributed by atoms with Gasteiger partial charge >= 0.3 is 0 Å². The molecule has 0 saturated carbocycles. The molecule has 0 bridgehead atoms. The van der Waals surface area contributed by atoms with Crippen molar-refractivity contribution in [3.8, 4) is 5.75 Å². The summed E-state index contributed by atoms with van der Waals surface area (Å²) in [6, 6.07) is 5.24. The number of hydrogen-bond acceptors (Lipinski definition) is 3. The molecule has 1 fully saturated rings. The first-order chi connectivity index (χ1) is 9.20. The van der Waals surface area contributed by atoms with Crippen LogP contribution in [-0.2, 0) is 4.74 Å². The fourth-order valence-electron chi connectivity index (χ4n) is 2.19. The molecule has 1 aromatic carbocycles. The highest BCUT2D eigenvalue weighted by atomic mass is 19.1. The molecule has 1 aliphatic rings. The van der Waals surface area contributed by atoms with Crippen LogP contribution in [0, 0.1) is 5.82 Å². The first-order valence-electron chi connectivity index (χ1n) is 6.92. The van der Waals surface area contributed by atoms with E-state index in [2.05, 4.69) is 5.32 Å². The summed E-state index contributed by atoms with van der Waals surface area (Å²) in [6.07, 6.45) is 3.37. The highest BCUT2D eigenvalue weighted by Gasteiger charge is 2.16. The van der Waals surface area contributed by atoms with Crippen LogP contribution in [0.4, 0.5) is 4.39 Å². The average Bonchev–Trinajstić information content (AvgIpc) is 2.46. The van der Waals surface area contributed by atoms with Gasteiger partial charge in [-0.15, -0.1) is 0 Å². The van der Waals surface area contributed by atoms with Crippen LogP contribution >= 0.6 is 0 Å². The van der Waals surface area contributed by atoms with E-state index in [1.807, 2.05) is 20.0 Å². The third-order valence-corrected chi connectivity index (χ3v) is 3.59. The SMILES string of the molecule is CNC(C)c1ccc(OCC2CCCCO2)c(F)c1. The van der Waals surface area contributed by atoms with Crippen molar-refractivity contribution in [2.24, 2.45) is 0 Å². The molecule has 1 aromatic rings. The molecule has 0 amide bonds. The van der Waals surface area contributed by atoms with Gasteiger partial charge in [-0.3, -0.25) is 0 Å². The highest BCUT2D eigenvalue weighted by Crippen LogP contribution is 2.23. The van der Waals surface area contributed by atoms with Crippen molar-refractivity contribution in [2.45, 2.75) is 38.3 Å². The lowest BCUT2D eigenvalue weighted by Crippen LogP contribution is -2.26. The first kappa shape index (κ1) is 14.3. The number of nitrogens with one attached hydrogen (secondary N) is 1. The minimum Gasteiger partial charge on any atom is -0.488 e. The molecule has 1 heterocycles. The van der Waals surface area contributed by atoms with Crippen LogP contribution in [0.1, 0.15) is 37.8 Å². The molecule has 1 aliphatic heterocycles. The molecule has 2 atom stereocenters. The smallest absolute Gasteiger partial charge is 0.165 e. The fourth-order valence-corrected chi connectivity index (χ4v) is 2.19. The van der Waals surface area contributed by atoms with Gasteiger partial charge in [0.15, 0.2) is 11.6 Å². The molecule has 1 N–H and O–H groups in total. The summed E-state index contributed by atoms with van der Waals surface area (Å²) in [6.45, 7) is 3.21. The van der Waals surface area contributed by atoms with Crippen molar-refractivity contribution < 1.29 is 13.9 Å². The number of benzene rings is 1. The Morgan fingerprint density at radius 2 is 2.32 bits per heavy atom. The summed E-state index contributed by atoms with van der Waals surface area (Å²) in [5.74, 6) is -0.00311. The van der Waals surface area contributed by atoms with E-state index in [-0.39, 0.29) is 18.0 Å². The van der Waals surface area contributed by atoms with Crippen LogP contribution in [0.15, 0.2) is 18.2 Å². The Morgan fingerprint density at radius 3 is 2.95 bits per heavy atom. The topological polar surface area (TPSA) is 30.5 Å². The maximum atomic E-state index is 13.9. The molecule has 3 nitrogen and oxygen atoms in total. The first-order valence-corrected chi connectivity index (χ1v) is 6.92. The number of rotatable bonds is 5. The minimum atomic E-state index is -0.310. The van der Waals surface area contributed by atoms with Crippen molar-refractivity contribution in [1.82, 2.24) is 5.32 Å². The Labute approximate surface area is 114 Å². The van der Waals surface area contributed by atoms with Crippen LogP contribution in [0.2, 0.25) is 0 Å². The van der Waals surface area contributed by atoms with Crippen molar-refractivity contribution in [3.05, 3.63) is 29.6 Å². The molecule has 2 unspecified atom stereocenters. The summed E-state index contributed by atoms with van der Waals surface area (Å²) in [7, 11) is 1.85. The van der Waals surface area contributed by atoms with E-state index in [9.17, 15) is 4.39 Å². The minimum absolute atomic E-state index is 0.101. The normalized spacial score (nSPS) is 21.1. The molecular weight excluding hydrogens is 245 g/mol. The van der Waals surface area contributed by atoms with E-state index in [1.165, 1.54) is 6.07 Å². The zero-order valence-corrected chi connectivity index (χ0v) is 11.6. The molecular formula is C15H22FNO2. The lowest BCUT2D eigenvalue weighted by Gasteiger charge is -2.22. The van der Waals surface area contributed by atoms with E-state index in [1.54, 1.807) is 6.07 Å². The van der Waals surface area contributed by atoms with Crippen LogP contribution in [0.25, 0.3) is 0 Å². The molecule has 0 radical (unpaired) electrons. The summed E-state index contributed by atoms with van der Waals surface area (Å²) in [4.78, 5) is 0. The maximum absolute atomic E-state index is 13.9. The van der Waals surface area contributed by atoms with Crippen LogP contribution in [0.5, 0.6) is 5.75 Å². The molecule has 0 aromatic heterocycles. The summed E-state index contributed by atoms with van der Waals surface area (Å²) in [5, 5.41) is 3.08. The number of halogens is 1. The molecule has 1 saturated heterocycles. The monoisotopic (exact) mass is 267 g/mol. The molecule has 0 aliphatic carbocycles. The molecule has 4 heteroatoms. The van der Waals surface area contributed by atoms with Crippen LogP contribution in [-0.4, -0.2) is 26.4 Å². The largest absolute Gasteiger partial charge is 0.488 e. The lowest BCUT2D eigenvalue weighted by molar-refractivity contribution is -0.0117. The Bertz CT molecular complexity index is 405. The predicted octanol–water partition coefficient (Wildman–Crippen LogP) is 3.05. The van der Waals surface area contributed by atoms with Gasteiger partial charge in [0.1, 0.15) is 6.61 Å². The van der Waals surface area contributed by atoms with E-state index < -0.39 is 0 Å². The Balaban J connectivity index is 1.93. The Kier molecular flexibility index (Phi) is 5.16. The van der Waals surface area contributed by atoms with Crippen molar-refractivity contribution in [2.75, 3.05) is 20.3 Å². The van der Waals surface area contributed by atoms with E-state index >= 15 is 0 Å². The van der Waals surface area contributed by atoms with Gasteiger partial charge in [-0.05, 0) is 50.9 Å². The quantitative estimate of drug-likeness (QED) is 0.889. The Hall–Kier alpha value is -1.13. The summed E-state index contributed by atoms with van der Waals surface area (Å²) < 4.78 is 25.0. The molecule has 19 heavy (non-hydrogen) atoms. The second-order valence-electron chi connectivity index (χ2n) is 5.00. The maximum Gasteiger partial charge on any atom is 0.165 e. The van der Waals surface area contributed by atoms with Gasteiger partial charge in [-0.25, -0.2) is 4.39 Å². The van der Waals surface area contributed by atoms with Crippen molar-refractivity contribution in [1.29, 1.82) is 0 Å². The molecule has 0 spiro atoms. The van der Waals surface area contributed by atoms with E-state index in [0.717, 1.165) is 31.4 Å². The third-order valence-electron chi connectivity index (χ3n) is 3.59. The summed E-state index contributed by atoms with van der Waals surface area (Å²) in [5.41, 5.74) is 0.918. The van der Waals surface area contributed by atoms with Gasteiger partial charge in [0, 0.05) is 12.6 Å². The van der Waals surface area contributed by atoms with Gasteiger partial charge in [-0.2, -0.15) is 0 Å². The lowest BCUT2D eigenvalue weighted by atomic mass is 10.1. The van der Waals surface area contributed by atoms with Gasteiger partial charge < -0.3 is 14.8 Å². The van der Waals surface area contributed by atoms with Crippen LogP contribution in [0.3, 0.4) is 0 Å². The third kappa shape index (κ3) is 3.91. The Morgan fingerprint density at radius 1 is 1.47 bits per heavy atom. The van der Waals surface area contributed by atoms with Gasteiger partial charge in [0.05, 0.1) is 6.10 Å². The average molecular weight is 267 g/mol. The molecule has 2 rings (SSSR count). The predicted molar refractivity (Wildman–Crippen MR) is 73.0 cm³/mol. The standard InChI is InChI=1S/C15H22FNO2/c1-11(17-2)12-6-7-15(14(16)9-12)19-10-13-5-3-4-8-18-13/h6-7,9,11,13,17H,3-5,8,10H2,1-2H3. The van der Waals surface area contributed by atoms with Crippen LogP contribution < -0.4 is 10.1 Å². The zero-order valence-electron chi connectivity index (χ0n) is 11.6. The number of hydrogen-bond donors (Lipinski definition) is 1.